The molecule has 1 fully saturated rings. The van der Waals surface area contributed by atoms with E-state index in [9.17, 15) is 13.2 Å². The van der Waals surface area contributed by atoms with Crippen molar-refractivity contribution in [1.82, 2.24) is 10.2 Å². The number of halogens is 3. The van der Waals surface area contributed by atoms with Gasteiger partial charge in [0, 0.05) is 18.8 Å². The lowest BCUT2D eigenvalue weighted by Crippen LogP contribution is -2.27. The Kier molecular flexibility index (Phi) is 6.74. The molecule has 1 aliphatic heterocycles. The Morgan fingerprint density at radius 3 is 2.18 bits per heavy atom. The Morgan fingerprint density at radius 1 is 0.964 bits per heavy atom. The highest BCUT2D eigenvalue weighted by Gasteiger charge is 2.30. The van der Waals surface area contributed by atoms with Crippen molar-refractivity contribution in [3.05, 3.63) is 59.7 Å². The van der Waals surface area contributed by atoms with Crippen molar-refractivity contribution in [1.29, 1.82) is 0 Å². The summed E-state index contributed by atoms with van der Waals surface area (Å²) in [5, 5.41) is 6.42. The molecule has 0 amide bonds. The number of alkyl halides is 3. The molecular formula is C20H22F3N3OS. The van der Waals surface area contributed by atoms with Gasteiger partial charge < -0.3 is 15.4 Å². The summed E-state index contributed by atoms with van der Waals surface area (Å²) in [5.41, 5.74) is 2.98. The van der Waals surface area contributed by atoms with E-state index in [1.54, 1.807) is 0 Å². The molecule has 1 saturated heterocycles. The highest BCUT2D eigenvalue weighted by atomic mass is 32.1. The fourth-order valence-corrected chi connectivity index (χ4v) is 3.25. The molecular weight excluding hydrogens is 387 g/mol. The molecule has 0 unspecified atom stereocenters. The van der Waals surface area contributed by atoms with Crippen LogP contribution in [0.5, 0.6) is 5.75 Å². The van der Waals surface area contributed by atoms with Crippen LogP contribution in [0.3, 0.4) is 0 Å². The Hall–Kier alpha value is -2.32. The zero-order valence-corrected chi connectivity index (χ0v) is 16.1. The summed E-state index contributed by atoms with van der Waals surface area (Å²) in [6.07, 6.45) is -2.13. The van der Waals surface area contributed by atoms with Crippen LogP contribution in [0.25, 0.3) is 0 Å². The second-order valence-corrected chi connectivity index (χ2v) is 7.09. The van der Waals surface area contributed by atoms with Gasteiger partial charge in [0.15, 0.2) is 5.11 Å². The molecule has 0 spiro atoms. The minimum Gasteiger partial charge on any atom is -0.406 e. The van der Waals surface area contributed by atoms with E-state index in [4.69, 9.17) is 12.2 Å². The Morgan fingerprint density at radius 2 is 1.57 bits per heavy atom. The smallest absolute Gasteiger partial charge is 0.406 e. The predicted octanol–water partition coefficient (Wildman–Crippen LogP) is 4.67. The first-order valence-corrected chi connectivity index (χ1v) is 9.49. The van der Waals surface area contributed by atoms with E-state index >= 15 is 0 Å². The molecule has 3 rings (SSSR count). The van der Waals surface area contributed by atoms with Gasteiger partial charge in [0.05, 0.1) is 0 Å². The number of likely N-dealkylation sites (tertiary alicyclic amines) is 1. The molecule has 0 aliphatic carbocycles. The van der Waals surface area contributed by atoms with Gasteiger partial charge in [-0.1, -0.05) is 24.3 Å². The molecule has 2 aromatic rings. The third-order valence-corrected chi connectivity index (χ3v) is 4.67. The fraction of sp³-hybridized carbons (Fsp3) is 0.350. The van der Waals surface area contributed by atoms with Crippen LogP contribution < -0.4 is 15.4 Å². The first-order chi connectivity index (χ1) is 13.4. The van der Waals surface area contributed by atoms with E-state index in [1.807, 2.05) is 0 Å². The first kappa shape index (κ1) is 20.4. The molecule has 2 N–H and O–H groups in total. The molecule has 0 aromatic heterocycles. The van der Waals surface area contributed by atoms with Crippen molar-refractivity contribution in [2.45, 2.75) is 32.3 Å². The number of nitrogens with zero attached hydrogens (tertiary/aromatic N) is 1. The van der Waals surface area contributed by atoms with Gasteiger partial charge in [0.25, 0.3) is 0 Å². The molecule has 8 heteroatoms. The Labute approximate surface area is 167 Å². The topological polar surface area (TPSA) is 36.5 Å². The Balaban J connectivity index is 1.43. The number of rotatable bonds is 6. The second-order valence-electron chi connectivity index (χ2n) is 6.68. The second kappa shape index (κ2) is 9.25. The molecule has 0 atom stereocenters. The van der Waals surface area contributed by atoms with E-state index in [1.165, 1.54) is 55.8 Å². The summed E-state index contributed by atoms with van der Waals surface area (Å²) in [5.74, 6) is -0.272. The highest BCUT2D eigenvalue weighted by molar-refractivity contribution is 7.80. The third-order valence-electron chi connectivity index (χ3n) is 4.43. The normalized spacial score (nSPS) is 14.7. The number of anilines is 1. The standard InChI is InChI=1S/C20H22F3N3OS/c21-20(22,23)27-18-9-7-17(8-10-18)25-19(28)24-13-15-3-5-16(6-4-15)14-26-11-1-2-12-26/h3-10H,1-2,11-14H2,(H2,24,25,28). The molecule has 150 valence electrons. The predicted molar refractivity (Wildman–Crippen MR) is 107 cm³/mol. The molecule has 2 aromatic carbocycles. The summed E-state index contributed by atoms with van der Waals surface area (Å²) in [6.45, 7) is 3.89. The first-order valence-electron chi connectivity index (χ1n) is 9.08. The number of thiocarbonyl (C=S) groups is 1. The van der Waals surface area contributed by atoms with Crippen LogP contribution in [0.2, 0.25) is 0 Å². The molecule has 0 saturated carbocycles. The minimum absolute atomic E-state index is 0.272. The van der Waals surface area contributed by atoms with Gasteiger partial charge in [-0.25, -0.2) is 0 Å². The van der Waals surface area contributed by atoms with E-state index in [0.29, 0.717) is 17.3 Å². The molecule has 4 nitrogen and oxygen atoms in total. The van der Waals surface area contributed by atoms with Crippen molar-refractivity contribution < 1.29 is 17.9 Å². The number of ether oxygens (including phenoxy) is 1. The highest BCUT2D eigenvalue weighted by Crippen LogP contribution is 2.24. The monoisotopic (exact) mass is 409 g/mol. The van der Waals surface area contributed by atoms with Crippen LogP contribution in [-0.4, -0.2) is 29.5 Å². The van der Waals surface area contributed by atoms with E-state index in [2.05, 4.69) is 44.5 Å². The van der Waals surface area contributed by atoms with Crippen LogP contribution >= 0.6 is 12.2 Å². The quantitative estimate of drug-likeness (QED) is 0.679. The van der Waals surface area contributed by atoms with Crippen molar-refractivity contribution >= 4 is 23.0 Å². The lowest BCUT2D eigenvalue weighted by molar-refractivity contribution is -0.274. The van der Waals surface area contributed by atoms with Gasteiger partial charge in [-0.3, -0.25) is 4.90 Å². The maximum absolute atomic E-state index is 12.2. The van der Waals surface area contributed by atoms with Gasteiger partial charge in [-0.15, -0.1) is 13.2 Å². The number of benzene rings is 2. The summed E-state index contributed by atoms with van der Waals surface area (Å²) in [4.78, 5) is 2.46. The van der Waals surface area contributed by atoms with Gasteiger partial charge in [-0.05, 0) is 73.5 Å². The third kappa shape index (κ3) is 6.69. The van der Waals surface area contributed by atoms with E-state index in [0.717, 1.165) is 12.1 Å². The Bertz CT molecular complexity index is 773. The maximum Gasteiger partial charge on any atom is 0.573 e. The molecule has 0 bridgehead atoms. The molecule has 0 radical (unpaired) electrons. The molecule has 28 heavy (non-hydrogen) atoms. The van der Waals surface area contributed by atoms with Crippen LogP contribution in [0, 0.1) is 0 Å². The van der Waals surface area contributed by atoms with Crippen LogP contribution in [0.1, 0.15) is 24.0 Å². The number of hydrogen-bond acceptors (Lipinski definition) is 3. The fourth-order valence-electron chi connectivity index (χ4n) is 3.06. The lowest BCUT2D eigenvalue weighted by Gasteiger charge is -2.15. The average molecular weight is 409 g/mol. The van der Waals surface area contributed by atoms with Crippen LogP contribution in [0.4, 0.5) is 18.9 Å². The zero-order chi connectivity index (χ0) is 20.0. The summed E-state index contributed by atoms with van der Waals surface area (Å²) < 4.78 is 40.3. The van der Waals surface area contributed by atoms with E-state index in [-0.39, 0.29) is 5.75 Å². The average Bonchev–Trinajstić information content (AvgIpc) is 3.15. The SMILES string of the molecule is FC(F)(F)Oc1ccc(NC(=S)NCc2ccc(CN3CCCC3)cc2)cc1. The van der Waals surface area contributed by atoms with Crippen molar-refractivity contribution in [3.8, 4) is 5.75 Å². The summed E-state index contributed by atoms with van der Waals surface area (Å²) in [7, 11) is 0. The van der Waals surface area contributed by atoms with E-state index < -0.39 is 6.36 Å². The van der Waals surface area contributed by atoms with Crippen molar-refractivity contribution in [2.24, 2.45) is 0 Å². The summed E-state index contributed by atoms with van der Waals surface area (Å²) >= 11 is 5.24. The van der Waals surface area contributed by atoms with Crippen LogP contribution in [-0.2, 0) is 13.1 Å². The minimum atomic E-state index is -4.70. The van der Waals surface area contributed by atoms with Crippen LogP contribution in [0.15, 0.2) is 48.5 Å². The lowest BCUT2D eigenvalue weighted by atomic mass is 10.1. The molecule has 1 aliphatic rings. The van der Waals surface area contributed by atoms with Gasteiger partial charge in [-0.2, -0.15) is 0 Å². The van der Waals surface area contributed by atoms with Gasteiger partial charge in [0.1, 0.15) is 5.75 Å². The van der Waals surface area contributed by atoms with Crippen molar-refractivity contribution in [3.63, 3.8) is 0 Å². The zero-order valence-electron chi connectivity index (χ0n) is 15.3. The van der Waals surface area contributed by atoms with Gasteiger partial charge >= 0.3 is 6.36 Å². The van der Waals surface area contributed by atoms with Gasteiger partial charge in [0.2, 0.25) is 0 Å². The largest absolute Gasteiger partial charge is 0.573 e. The summed E-state index contributed by atoms with van der Waals surface area (Å²) in [6, 6.07) is 13.8. The molecule has 1 heterocycles. The number of nitrogens with one attached hydrogen (secondary N) is 2. The maximum atomic E-state index is 12.2. The van der Waals surface area contributed by atoms with Crippen molar-refractivity contribution in [2.75, 3.05) is 18.4 Å². The number of hydrogen-bond donors (Lipinski definition) is 2.